The van der Waals surface area contributed by atoms with Gasteiger partial charge in [-0.15, -0.1) is 0 Å². The second-order valence-corrected chi connectivity index (χ2v) is 6.03. The Bertz CT molecular complexity index is 656. The van der Waals surface area contributed by atoms with Gasteiger partial charge < -0.3 is 4.42 Å². The molecule has 1 aliphatic rings. The zero-order valence-corrected chi connectivity index (χ0v) is 11.9. The summed E-state index contributed by atoms with van der Waals surface area (Å²) in [4.78, 5) is 12.6. The summed E-state index contributed by atoms with van der Waals surface area (Å²) in [5.74, 6) is 0.865. The van der Waals surface area contributed by atoms with Gasteiger partial charge in [0.25, 0.3) is 0 Å². The van der Waals surface area contributed by atoms with E-state index >= 15 is 0 Å². The molecule has 1 fully saturated rings. The van der Waals surface area contributed by atoms with Crippen LogP contribution in [0.2, 0.25) is 0 Å². The minimum absolute atomic E-state index is 0.0582. The number of furan rings is 1. The van der Waals surface area contributed by atoms with Gasteiger partial charge in [-0.1, -0.05) is 19.8 Å². The first-order valence-corrected chi connectivity index (χ1v) is 7.29. The number of ketones is 1. The van der Waals surface area contributed by atoms with E-state index in [2.05, 4.69) is 6.92 Å². The van der Waals surface area contributed by atoms with Crippen molar-refractivity contribution in [1.82, 2.24) is 0 Å². The van der Waals surface area contributed by atoms with Crippen LogP contribution in [-0.2, 0) is 0 Å². The number of benzene rings is 1. The highest BCUT2D eigenvalue weighted by atomic mass is 19.1. The molecule has 3 rings (SSSR count). The van der Waals surface area contributed by atoms with Gasteiger partial charge in [-0.05, 0) is 43.9 Å². The van der Waals surface area contributed by atoms with Crippen LogP contribution in [0.5, 0.6) is 0 Å². The third-order valence-electron chi connectivity index (χ3n) is 4.43. The van der Waals surface area contributed by atoms with Crippen LogP contribution in [0.4, 0.5) is 4.39 Å². The summed E-state index contributed by atoms with van der Waals surface area (Å²) in [6.45, 7) is 4.03. The number of aryl methyl sites for hydroxylation is 1. The van der Waals surface area contributed by atoms with Crippen molar-refractivity contribution in [2.24, 2.45) is 11.8 Å². The van der Waals surface area contributed by atoms with Crippen LogP contribution >= 0.6 is 0 Å². The molecule has 2 aromatic rings. The van der Waals surface area contributed by atoms with Crippen molar-refractivity contribution in [3.63, 3.8) is 0 Å². The Hall–Kier alpha value is -1.64. The summed E-state index contributed by atoms with van der Waals surface area (Å²) in [5, 5.41) is 0.706. The summed E-state index contributed by atoms with van der Waals surface area (Å²) in [7, 11) is 0. The van der Waals surface area contributed by atoms with E-state index in [9.17, 15) is 9.18 Å². The molecule has 3 heteroatoms. The average Bonchev–Trinajstić information content (AvgIpc) is 2.75. The average molecular weight is 274 g/mol. The first kappa shape index (κ1) is 13.3. The number of fused-ring (bicyclic) bond motifs is 1. The Morgan fingerprint density at radius 3 is 2.90 bits per heavy atom. The van der Waals surface area contributed by atoms with Crippen molar-refractivity contribution in [1.29, 1.82) is 0 Å². The fourth-order valence-electron chi connectivity index (χ4n) is 3.29. The van der Waals surface area contributed by atoms with Crippen LogP contribution in [0.15, 0.2) is 22.6 Å². The van der Waals surface area contributed by atoms with E-state index in [-0.39, 0.29) is 17.5 Å². The molecule has 2 nitrogen and oxygen atoms in total. The van der Waals surface area contributed by atoms with E-state index in [1.807, 2.05) is 6.92 Å². The van der Waals surface area contributed by atoms with Crippen LogP contribution < -0.4 is 0 Å². The highest BCUT2D eigenvalue weighted by Crippen LogP contribution is 2.34. The Balaban J connectivity index is 1.97. The van der Waals surface area contributed by atoms with E-state index in [0.717, 1.165) is 24.8 Å². The van der Waals surface area contributed by atoms with Crippen molar-refractivity contribution in [3.8, 4) is 0 Å². The highest BCUT2D eigenvalue weighted by molar-refractivity contribution is 6.01. The molecule has 0 saturated heterocycles. The number of carbonyl (C=O) groups excluding carboxylic acids is 1. The SMILES string of the molecule is Cc1c(C(=O)C2CCCC(C)C2)oc2ccc(F)cc12. The largest absolute Gasteiger partial charge is 0.453 e. The molecule has 20 heavy (non-hydrogen) atoms. The molecule has 0 N–H and O–H groups in total. The predicted molar refractivity (Wildman–Crippen MR) is 76.4 cm³/mol. The number of hydrogen-bond acceptors (Lipinski definition) is 2. The van der Waals surface area contributed by atoms with Crippen LogP contribution in [0.25, 0.3) is 11.0 Å². The fourth-order valence-corrected chi connectivity index (χ4v) is 3.29. The maximum absolute atomic E-state index is 13.3. The van der Waals surface area contributed by atoms with Gasteiger partial charge in [0, 0.05) is 16.9 Å². The van der Waals surface area contributed by atoms with Crippen LogP contribution in [0.3, 0.4) is 0 Å². The maximum atomic E-state index is 13.3. The van der Waals surface area contributed by atoms with Crippen molar-refractivity contribution in [2.75, 3.05) is 0 Å². The zero-order valence-electron chi connectivity index (χ0n) is 11.9. The lowest BCUT2D eigenvalue weighted by Crippen LogP contribution is -2.22. The third-order valence-corrected chi connectivity index (χ3v) is 4.43. The molecule has 1 aromatic carbocycles. The van der Waals surface area contributed by atoms with E-state index < -0.39 is 0 Å². The van der Waals surface area contributed by atoms with E-state index in [1.54, 1.807) is 6.07 Å². The molecule has 0 amide bonds. The molecular weight excluding hydrogens is 255 g/mol. The molecule has 1 saturated carbocycles. The molecule has 2 unspecified atom stereocenters. The molecule has 106 valence electrons. The van der Waals surface area contributed by atoms with Crippen LogP contribution in [-0.4, -0.2) is 5.78 Å². The maximum Gasteiger partial charge on any atom is 0.201 e. The minimum Gasteiger partial charge on any atom is -0.453 e. The predicted octanol–water partition coefficient (Wildman–Crippen LogP) is 4.89. The normalized spacial score (nSPS) is 23.1. The summed E-state index contributed by atoms with van der Waals surface area (Å²) < 4.78 is 19.0. The molecule has 1 aliphatic carbocycles. The summed E-state index contributed by atoms with van der Waals surface area (Å²) in [6.07, 6.45) is 4.18. The molecule has 1 heterocycles. The fraction of sp³-hybridized carbons (Fsp3) is 0.471. The number of Topliss-reactive ketones (excluding diaryl/α,β-unsaturated/α-hetero) is 1. The van der Waals surface area contributed by atoms with E-state index in [1.165, 1.54) is 18.6 Å². The van der Waals surface area contributed by atoms with Crippen molar-refractivity contribution >= 4 is 16.8 Å². The Morgan fingerprint density at radius 1 is 1.35 bits per heavy atom. The number of rotatable bonds is 2. The van der Waals surface area contributed by atoms with Gasteiger partial charge in [-0.2, -0.15) is 0 Å². The second kappa shape index (κ2) is 5.04. The van der Waals surface area contributed by atoms with Gasteiger partial charge in [-0.25, -0.2) is 4.39 Å². The molecule has 0 aliphatic heterocycles. The first-order valence-electron chi connectivity index (χ1n) is 7.29. The second-order valence-electron chi connectivity index (χ2n) is 6.03. The lowest BCUT2D eigenvalue weighted by atomic mass is 9.79. The van der Waals surface area contributed by atoms with E-state index in [0.29, 0.717) is 22.6 Å². The molecule has 0 bridgehead atoms. The van der Waals surface area contributed by atoms with Gasteiger partial charge in [-0.3, -0.25) is 4.79 Å². The lowest BCUT2D eigenvalue weighted by molar-refractivity contribution is 0.0840. The lowest BCUT2D eigenvalue weighted by Gasteiger charge is -2.24. The minimum atomic E-state index is -0.299. The van der Waals surface area contributed by atoms with Crippen LogP contribution in [0, 0.1) is 24.6 Å². The molecule has 2 atom stereocenters. The quantitative estimate of drug-likeness (QED) is 0.730. The van der Waals surface area contributed by atoms with Gasteiger partial charge in [0.2, 0.25) is 5.78 Å². The highest BCUT2D eigenvalue weighted by Gasteiger charge is 2.29. The summed E-state index contributed by atoms with van der Waals surface area (Å²) in [5.41, 5.74) is 1.36. The van der Waals surface area contributed by atoms with Gasteiger partial charge in [0.15, 0.2) is 5.76 Å². The van der Waals surface area contributed by atoms with Crippen molar-refractivity contribution in [3.05, 3.63) is 35.3 Å². The molecule has 0 spiro atoms. The molecule has 1 aromatic heterocycles. The topological polar surface area (TPSA) is 30.2 Å². The monoisotopic (exact) mass is 274 g/mol. The number of hydrogen-bond donors (Lipinski definition) is 0. The Kier molecular flexibility index (Phi) is 3.36. The smallest absolute Gasteiger partial charge is 0.201 e. The Morgan fingerprint density at radius 2 is 2.15 bits per heavy atom. The van der Waals surface area contributed by atoms with E-state index in [4.69, 9.17) is 4.42 Å². The zero-order chi connectivity index (χ0) is 14.3. The number of halogens is 1. The molecule has 0 radical (unpaired) electrons. The first-order chi connectivity index (χ1) is 9.56. The Labute approximate surface area is 118 Å². The number of carbonyl (C=O) groups is 1. The van der Waals surface area contributed by atoms with Gasteiger partial charge in [0.05, 0.1) is 0 Å². The summed E-state index contributed by atoms with van der Waals surface area (Å²) >= 11 is 0. The van der Waals surface area contributed by atoms with Crippen molar-refractivity contribution < 1.29 is 13.6 Å². The standard InChI is InChI=1S/C17H19FO2/c1-10-4-3-5-12(8-10)16(19)17-11(2)14-9-13(18)6-7-15(14)20-17/h6-7,9-10,12H,3-5,8H2,1-2H3. The van der Waals surface area contributed by atoms with Gasteiger partial charge >= 0.3 is 0 Å². The molecular formula is C17H19FO2. The van der Waals surface area contributed by atoms with Crippen molar-refractivity contribution in [2.45, 2.75) is 39.5 Å². The summed E-state index contributed by atoms with van der Waals surface area (Å²) in [6, 6.07) is 4.40. The van der Waals surface area contributed by atoms with Crippen LogP contribution in [0.1, 0.15) is 48.7 Å². The van der Waals surface area contributed by atoms with Gasteiger partial charge in [0.1, 0.15) is 11.4 Å². The third kappa shape index (κ3) is 2.26.